The van der Waals surface area contributed by atoms with Crippen molar-refractivity contribution in [1.29, 1.82) is 0 Å². The van der Waals surface area contributed by atoms with Crippen LogP contribution in [0.5, 0.6) is 0 Å². The summed E-state index contributed by atoms with van der Waals surface area (Å²) >= 11 is 0. The van der Waals surface area contributed by atoms with Crippen LogP contribution in [-0.4, -0.2) is 46.5 Å². The van der Waals surface area contributed by atoms with Crippen molar-refractivity contribution in [1.82, 2.24) is 14.8 Å². The summed E-state index contributed by atoms with van der Waals surface area (Å²) in [6.07, 6.45) is 2.27. The van der Waals surface area contributed by atoms with Crippen LogP contribution in [0.3, 0.4) is 0 Å². The van der Waals surface area contributed by atoms with Gasteiger partial charge in [-0.3, -0.25) is 14.9 Å². The van der Waals surface area contributed by atoms with E-state index in [0.29, 0.717) is 25.3 Å². The first-order valence-electron chi connectivity index (χ1n) is 6.48. The van der Waals surface area contributed by atoms with Crippen LogP contribution in [-0.2, 0) is 6.54 Å². The Hall–Kier alpha value is -1.89. The summed E-state index contributed by atoms with van der Waals surface area (Å²) < 4.78 is 1.68. The third kappa shape index (κ3) is 2.93. The minimum absolute atomic E-state index is 0.0214. The molecule has 0 spiro atoms. The molecular formula is C12H18N4O3. The summed E-state index contributed by atoms with van der Waals surface area (Å²) in [4.78, 5) is 24.5. The molecule has 1 aromatic rings. The molecule has 0 radical (unpaired) electrons. The molecule has 0 saturated carbocycles. The summed E-state index contributed by atoms with van der Waals surface area (Å²) in [5.74, 6) is -0.122. The minimum Gasteiger partial charge on any atom is -0.337 e. The Morgan fingerprint density at radius 3 is 2.74 bits per heavy atom. The first-order chi connectivity index (χ1) is 9.13. The molecule has 2 heterocycles. The summed E-state index contributed by atoms with van der Waals surface area (Å²) in [5.41, 5.74) is 0.391. The number of carbonyl (C=O) groups is 1. The smallest absolute Gasteiger partial charge is 0.287 e. The van der Waals surface area contributed by atoms with Gasteiger partial charge in [0.25, 0.3) is 11.6 Å². The number of piperazine rings is 1. The number of aromatic nitrogens is 1. The lowest BCUT2D eigenvalue weighted by atomic mass is 10.3. The molecule has 1 aromatic heterocycles. The molecule has 7 nitrogen and oxygen atoms in total. The van der Waals surface area contributed by atoms with E-state index in [0.717, 1.165) is 19.5 Å². The Balaban J connectivity index is 2.25. The van der Waals surface area contributed by atoms with E-state index in [4.69, 9.17) is 0 Å². The van der Waals surface area contributed by atoms with Crippen molar-refractivity contribution in [3.05, 3.63) is 28.1 Å². The third-order valence-electron chi connectivity index (χ3n) is 3.18. The number of aryl methyl sites for hydroxylation is 1. The summed E-state index contributed by atoms with van der Waals surface area (Å²) in [6, 6.07) is 1.38. The molecule has 1 amide bonds. The van der Waals surface area contributed by atoms with Gasteiger partial charge in [-0.25, -0.2) is 0 Å². The van der Waals surface area contributed by atoms with E-state index in [1.165, 1.54) is 12.3 Å². The molecule has 2 rings (SSSR count). The largest absolute Gasteiger partial charge is 0.337 e. The number of hydrogen-bond donors (Lipinski definition) is 1. The van der Waals surface area contributed by atoms with E-state index < -0.39 is 4.92 Å². The second-order valence-corrected chi connectivity index (χ2v) is 4.58. The number of nitrogens with zero attached hydrogens (tertiary/aromatic N) is 3. The van der Waals surface area contributed by atoms with Gasteiger partial charge in [-0.1, -0.05) is 6.92 Å². The van der Waals surface area contributed by atoms with Gasteiger partial charge in [-0.15, -0.1) is 0 Å². The normalized spacial score (nSPS) is 15.5. The predicted octanol–water partition coefficient (Wildman–Crippen LogP) is 0.852. The van der Waals surface area contributed by atoms with Gasteiger partial charge in [0.1, 0.15) is 5.69 Å². The van der Waals surface area contributed by atoms with Crippen LogP contribution >= 0.6 is 0 Å². The Bertz CT molecular complexity index is 477. The van der Waals surface area contributed by atoms with Crippen molar-refractivity contribution in [3.8, 4) is 0 Å². The number of nitro groups is 1. The van der Waals surface area contributed by atoms with Gasteiger partial charge in [-0.2, -0.15) is 0 Å². The molecule has 1 aliphatic heterocycles. The molecule has 1 N–H and O–H groups in total. The van der Waals surface area contributed by atoms with Crippen molar-refractivity contribution in [2.75, 3.05) is 26.2 Å². The summed E-state index contributed by atoms with van der Waals surface area (Å²) in [5, 5.41) is 14.0. The van der Waals surface area contributed by atoms with Crippen LogP contribution < -0.4 is 5.32 Å². The molecule has 104 valence electrons. The fourth-order valence-electron chi connectivity index (χ4n) is 2.23. The van der Waals surface area contributed by atoms with Crippen molar-refractivity contribution in [2.45, 2.75) is 19.9 Å². The Labute approximate surface area is 111 Å². The Morgan fingerprint density at radius 2 is 2.16 bits per heavy atom. The fourth-order valence-corrected chi connectivity index (χ4v) is 2.23. The maximum absolute atomic E-state index is 12.4. The average molecular weight is 266 g/mol. The maximum Gasteiger partial charge on any atom is 0.287 e. The van der Waals surface area contributed by atoms with Crippen molar-refractivity contribution in [2.24, 2.45) is 0 Å². The highest BCUT2D eigenvalue weighted by atomic mass is 16.6. The van der Waals surface area contributed by atoms with Crippen molar-refractivity contribution in [3.63, 3.8) is 0 Å². The van der Waals surface area contributed by atoms with Gasteiger partial charge in [0.05, 0.1) is 11.1 Å². The van der Waals surface area contributed by atoms with E-state index in [9.17, 15) is 14.9 Å². The second kappa shape index (κ2) is 5.83. The second-order valence-electron chi connectivity index (χ2n) is 4.58. The first-order valence-corrected chi connectivity index (χ1v) is 6.48. The van der Waals surface area contributed by atoms with Gasteiger partial charge < -0.3 is 14.8 Å². The zero-order chi connectivity index (χ0) is 13.8. The molecule has 0 bridgehead atoms. The molecule has 0 atom stereocenters. The number of nitrogens with one attached hydrogen (secondary N) is 1. The molecule has 7 heteroatoms. The Kier molecular flexibility index (Phi) is 4.16. The lowest BCUT2D eigenvalue weighted by molar-refractivity contribution is -0.384. The molecule has 0 aromatic carbocycles. The molecule has 0 unspecified atom stereocenters. The highest BCUT2D eigenvalue weighted by Gasteiger charge is 2.24. The van der Waals surface area contributed by atoms with Crippen LogP contribution in [0.25, 0.3) is 0 Å². The van der Waals surface area contributed by atoms with E-state index in [1.807, 2.05) is 6.92 Å². The zero-order valence-electron chi connectivity index (χ0n) is 11.0. The number of amides is 1. The van der Waals surface area contributed by atoms with E-state index >= 15 is 0 Å². The third-order valence-corrected chi connectivity index (χ3v) is 3.18. The van der Waals surface area contributed by atoms with Gasteiger partial charge in [0, 0.05) is 38.8 Å². The molecule has 1 saturated heterocycles. The minimum atomic E-state index is -0.458. The predicted molar refractivity (Wildman–Crippen MR) is 70.2 cm³/mol. The van der Waals surface area contributed by atoms with Gasteiger partial charge >= 0.3 is 0 Å². The summed E-state index contributed by atoms with van der Waals surface area (Å²) in [6.45, 7) is 5.41. The van der Waals surface area contributed by atoms with E-state index in [2.05, 4.69) is 5.32 Å². The molecule has 1 aliphatic rings. The maximum atomic E-state index is 12.4. The monoisotopic (exact) mass is 266 g/mol. The quantitative estimate of drug-likeness (QED) is 0.647. The van der Waals surface area contributed by atoms with Crippen LogP contribution in [0.1, 0.15) is 23.8 Å². The number of hydrogen-bond acceptors (Lipinski definition) is 4. The first kappa shape index (κ1) is 13.5. The molecule has 0 aliphatic carbocycles. The highest BCUT2D eigenvalue weighted by molar-refractivity contribution is 5.93. The van der Waals surface area contributed by atoms with E-state index in [-0.39, 0.29) is 11.6 Å². The summed E-state index contributed by atoms with van der Waals surface area (Å²) in [7, 11) is 0. The van der Waals surface area contributed by atoms with Crippen molar-refractivity contribution < 1.29 is 9.72 Å². The molecule has 19 heavy (non-hydrogen) atoms. The molecular weight excluding hydrogens is 248 g/mol. The standard InChI is InChI=1S/C12H18N4O3/c1-2-5-15-9-10(16(18)19)8-11(15)12(17)14-6-3-13-4-7-14/h8-9,13H,2-7H2,1H3. The van der Waals surface area contributed by atoms with Crippen LogP contribution in [0.2, 0.25) is 0 Å². The van der Waals surface area contributed by atoms with Gasteiger partial charge in [-0.05, 0) is 6.42 Å². The SMILES string of the molecule is CCCn1cc([N+](=O)[O-])cc1C(=O)N1CCNCC1. The number of rotatable bonds is 4. The Morgan fingerprint density at radius 1 is 1.47 bits per heavy atom. The van der Waals surface area contributed by atoms with Gasteiger partial charge in [0.15, 0.2) is 0 Å². The lowest BCUT2D eigenvalue weighted by Crippen LogP contribution is -2.46. The zero-order valence-corrected chi connectivity index (χ0v) is 11.0. The van der Waals surface area contributed by atoms with Gasteiger partial charge in [0.2, 0.25) is 0 Å². The topological polar surface area (TPSA) is 80.4 Å². The number of carbonyl (C=O) groups excluding carboxylic acids is 1. The van der Waals surface area contributed by atoms with Crippen LogP contribution in [0.4, 0.5) is 5.69 Å². The van der Waals surface area contributed by atoms with E-state index in [1.54, 1.807) is 9.47 Å². The highest BCUT2D eigenvalue weighted by Crippen LogP contribution is 2.18. The van der Waals surface area contributed by atoms with Crippen LogP contribution in [0, 0.1) is 10.1 Å². The van der Waals surface area contributed by atoms with Crippen molar-refractivity contribution >= 4 is 11.6 Å². The van der Waals surface area contributed by atoms with Crippen LogP contribution in [0.15, 0.2) is 12.3 Å². The lowest BCUT2D eigenvalue weighted by Gasteiger charge is -2.27. The fraction of sp³-hybridized carbons (Fsp3) is 0.583. The average Bonchev–Trinajstić information content (AvgIpc) is 2.84. The molecule has 1 fully saturated rings.